The van der Waals surface area contributed by atoms with Gasteiger partial charge in [0, 0.05) is 37.8 Å². The summed E-state index contributed by atoms with van der Waals surface area (Å²) in [4.78, 5) is 39.9. The first kappa shape index (κ1) is 23.1. The Morgan fingerprint density at radius 1 is 1.16 bits per heavy atom. The first-order chi connectivity index (χ1) is 14.7. The van der Waals surface area contributed by atoms with Crippen LogP contribution < -0.4 is 10.2 Å². The fourth-order valence-electron chi connectivity index (χ4n) is 4.22. The van der Waals surface area contributed by atoms with Crippen LogP contribution in [0.2, 0.25) is 0 Å². The second-order valence-electron chi connectivity index (χ2n) is 9.21. The van der Waals surface area contributed by atoms with Gasteiger partial charge in [0.15, 0.2) is 0 Å². The summed E-state index contributed by atoms with van der Waals surface area (Å²) in [6, 6.07) is 7.97. The molecular formula is C23H33N3O5. The molecule has 0 spiro atoms. The van der Waals surface area contributed by atoms with Crippen molar-refractivity contribution in [3.63, 3.8) is 0 Å². The molecule has 2 aliphatic rings. The highest BCUT2D eigenvalue weighted by atomic mass is 16.6. The Labute approximate surface area is 183 Å². The maximum absolute atomic E-state index is 12.6. The maximum atomic E-state index is 12.6. The number of aliphatic hydroxyl groups is 1. The highest BCUT2D eigenvalue weighted by Crippen LogP contribution is 2.28. The number of ether oxygens (including phenoxy) is 1. The highest BCUT2D eigenvalue weighted by Gasteiger charge is 2.31. The Kier molecular flexibility index (Phi) is 7.20. The van der Waals surface area contributed by atoms with E-state index in [9.17, 15) is 19.5 Å². The van der Waals surface area contributed by atoms with Crippen LogP contribution >= 0.6 is 0 Å². The molecule has 0 radical (unpaired) electrons. The number of piperidine rings is 2. The number of hydrogen-bond donors (Lipinski definition) is 2. The molecule has 3 rings (SSSR count). The number of anilines is 1. The SMILES string of the molecule is CC(C)(C)OC(=O)N(CCO)C1CCN(c2ccc(C3CCC(=O)NC3=O)cc2)CC1. The van der Waals surface area contributed by atoms with E-state index in [2.05, 4.69) is 10.2 Å². The lowest BCUT2D eigenvalue weighted by Crippen LogP contribution is -2.49. The molecule has 170 valence electrons. The van der Waals surface area contributed by atoms with Crippen molar-refractivity contribution in [2.24, 2.45) is 0 Å². The molecule has 1 unspecified atom stereocenters. The van der Waals surface area contributed by atoms with E-state index in [0.717, 1.165) is 37.2 Å². The van der Waals surface area contributed by atoms with E-state index in [1.54, 1.807) is 4.90 Å². The van der Waals surface area contributed by atoms with Crippen molar-refractivity contribution in [2.75, 3.05) is 31.1 Å². The van der Waals surface area contributed by atoms with Crippen molar-refractivity contribution >= 4 is 23.6 Å². The van der Waals surface area contributed by atoms with Gasteiger partial charge in [0.25, 0.3) is 0 Å². The standard InChI is InChI=1S/C23H33N3O5/c1-23(2,3)31-22(30)26(14-15-27)18-10-12-25(13-11-18)17-6-4-16(5-7-17)19-8-9-20(28)24-21(19)29/h4-7,18-19,27H,8-15H2,1-3H3,(H,24,28,29). The predicted octanol–water partition coefficient (Wildman–Crippen LogP) is 2.41. The normalized spacial score (nSPS) is 20.4. The smallest absolute Gasteiger partial charge is 0.410 e. The molecule has 2 saturated heterocycles. The van der Waals surface area contributed by atoms with Crippen LogP contribution in [0.25, 0.3) is 0 Å². The Hall–Kier alpha value is -2.61. The third-order valence-corrected chi connectivity index (χ3v) is 5.77. The van der Waals surface area contributed by atoms with Crippen molar-refractivity contribution in [3.05, 3.63) is 29.8 Å². The van der Waals surface area contributed by atoms with Crippen molar-refractivity contribution in [3.8, 4) is 0 Å². The molecule has 8 nitrogen and oxygen atoms in total. The second kappa shape index (κ2) is 9.68. The highest BCUT2D eigenvalue weighted by molar-refractivity contribution is 6.00. The van der Waals surface area contributed by atoms with Gasteiger partial charge in [0.1, 0.15) is 5.60 Å². The molecule has 31 heavy (non-hydrogen) atoms. The Morgan fingerprint density at radius 3 is 2.35 bits per heavy atom. The summed E-state index contributed by atoms with van der Waals surface area (Å²) in [5.41, 5.74) is 1.42. The van der Waals surface area contributed by atoms with E-state index >= 15 is 0 Å². The molecule has 1 aromatic rings. The Bertz CT molecular complexity index is 794. The fraction of sp³-hybridized carbons (Fsp3) is 0.609. The number of rotatable bonds is 5. The largest absolute Gasteiger partial charge is 0.444 e. The summed E-state index contributed by atoms with van der Waals surface area (Å²) >= 11 is 0. The summed E-state index contributed by atoms with van der Waals surface area (Å²) < 4.78 is 5.51. The molecule has 8 heteroatoms. The minimum absolute atomic E-state index is 0.0287. The van der Waals surface area contributed by atoms with Crippen molar-refractivity contribution in [1.29, 1.82) is 0 Å². The van der Waals surface area contributed by atoms with Crippen LogP contribution in [0, 0.1) is 0 Å². The zero-order chi connectivity index (χ0) is 22.6. The van der Waals surface area contributed by atoms with Crippen LogP contribution in [-0.2, 0) is 14.3 Å². The van der Waals surface area contributed by atoms with E-state index in [-0.39, 0.29) is 43.0 Å². The molecule has 0 aliphatic carbocycles. The number of carbonyl (C=O) groups is 3. The number of amides is 3. The summed E-state index contributed by atoms with van der Waals surface area (Å²) in [5, 5.41) is 11.8. The molecule has 0 saturated carbocycles. The van der Waals surface area contributed by atoms with E-state index in [1.807, 2.05) is 45.0 Å². The molecule has 2 aliphatic heterocycles. The Balaban J connectivity index is 1.59. The number of nitrogens with one attached hydrogen (secondary N) is 1. The molecule has 1 atom stereocenters. The zero-order valence-corrected chi connectivity index (χ0v) is 18.6. The number of carbonyl (C=O) groups excluding carboxylic acids is 3. The fourth-order valence-corrected chi connectivity index (χ4v) is 4.22. The first-order valence-electron chi connectivity index (χ1n) is 11.0. The van der Waals surface area contributed by atoms with Crippen LogP contribution in [0.15, 0.2) is 24.3 Å². The van der Waals surface area contributed by atoms with Crippen LogP contribution in [-0.4, -0.2) is 65.8 Å². The van der Waals surface area contributed by atoms with Gasteiger partial charge in [0.2, 0.25) is 11.8 Å². The lowest BCUT2D eigenvalue weighted by atomic mass is 9.90. The minimum Gasteiger partial charge on any atom is -0.444 e. The number of benzene rings is 1. The molecule has 0 bridgehead atoms. The van der Waals surface area contributed by atoms with E-state index in [1.165, 1.54) is 0 Å². The molecular weight excluding hydrogens is 398 g/mol. The van der Waals surface area contributed by atoms with Gasteiger partial charge in [-0.25, -0.2) is 4.79 Å². The predicted molar refractivity (Wildman–Crippen MR) is 117 cm³/mol. The van der Waals surface area contributed by atoms with Crippen LogP contribution in [0.5, 0.6) is 0 Å². The lowest BCUT2D eigenvalue weighted by Gasteiger charge is -2.39. The van der Waals surface area contributed by atoms with Crippen LogP contribution in [0.1, 0.15) is 57.9 Å². The van der Waals surface area contributed by atoms with Gasteiger partial charge in [-0.1, -0.05) is 12.1 Å². The quantitative estimate of drug-likeness (QED) is 0.695. The maximum Gasteiger partial charge on any atom is 0.410 e. The van der Waals surface area contributed by atoms with E-state index in [0.29, 0.717) is 12.8 Å². The van der Waals surface area contributed by atoms with Gasteiger partial charge in [-0.3, -0.25) is 14.9 Å². The van der Waals surface area contributed by atoms with Gasteiger partial charge in [-0.2, -0.15) is 0 Å². The lowest BCUT2D eigenvalue weighted by molar-refractivity contribution is -0.134. The molecule has 2 N–H and O–H groups in total. The van der Waals surface area contributed by atoms with Crippen LogP contribution in [0.4, 0.5) is 10.5 Å². The second-order valence-corrected chi connectivity index (χ2v) is 9.21. The van der Waals surface area contributed by atoms with Crippen molar-refractivity contribution < 1.29 is 24.2 Å². The molecule has 2 fully saturated rings. The third kappa shape index (κ3) is 5.97. The molecule has 0 aromatic heterocycles. The molecule has 1 aromatic carbocycles. The van der Waals surface area contributed by atoms with Gasteiger partial charge < -0.3 is 19.6 Å². The summed E-state index contributed by atoms with van der Waals surface area (Å²) in [5.74, 6) is -0.711. The van der Waals surface area contributed by atoms with Gasteiger partial charge in [0.05, 0.1) is 12.5 Å². The van der Waals surface area contributed by atoms with Gasteiger partial charge in [-0.15, -0.1) is 0 Å². The monoisotopic (exact) mass is 431 g/mol. The summed E-state index contributed by atoms with van der Waals surface area (Å²) in [6.07, 6.45) is 2.10. The minimum atomic E-state index is -0.574. The number of imide groups is 1. The summed E-state index contributed by atoms with van der Waals surface area (Å²) in [6.45, 7) is 7.25. The van der Waals surface area contributed by atoms with Crippen molar-refractivity contribution in [1.82, 2.24) is 10.2 Å². The van der Waals surface area contributed by atoms with Crippen LogP contribution in [0.3, 0.4) is 0 Å². The van der Waals surface area contributed by atoms with Gasteiger partial charge >= 0.3 is 6.09 Å². The van der Waals surface area contributed by atoms with Gasteiger partial charge in [-0.05, 0) is 57.7 Å². The topological polar surface area (TPSA) is 99.2 Å². The zero-order valence-electron chi connectivity index (χ0n) is 18.6. The average Bonchev–Trinajstić information content (AvgIpc) is 2.71. The molecule has 2 heterocycles. The summed E-state index contributed by atoms with van der Waals surface area (Å²) in [7, 11) is 0. The average molecular weight is 432 g/mol. The molecule has 3 amide bonds. The Morgan fingerprint density at radius 2 is 1.81 bits per heavy atom. The first-order valence-corrected chi connectivity index (χ1v) is 11.0. The number of hydrogen-bond acceptors (Lipinski definition) is 6. The van der Waals surface area contributed by atoms with E-state index < -0.39 is 5.60 Å². The number of aliphatic hydroxyl groups excluding tert-OH is 1. The number of nitrogens with zero attached hydrogens (tertiary/aromatic N) is 2. The van der Waals surface area contributed by atoms with E-state index in [4.69, 9.17) is 4.74 Å². The van der Waals surface area contributed by atoms with Crippen molar-refractivity contribution in [2.45, 2.75) is 64.0 Å². The third-order valence-electron chi connectivity index (χ3n) is 5.77.